The summed E-state index contributed by atoms with van der Waals surface area (Å²) in [5.41, 5.74) is 10.5. The molecule has 0 amide bonds. The SMILES string of the molecule is Cc1cc(Nc2c[nH]c3ncc(Br)c(N4CCC[C@@H](N)C4)c23)ccc1F. The molecule has 3 aromatic rings. The van der Waals surface area contributed by atoms with Crippen LogP contribution >= 0.6 is 15.9 Å². The lowest BCUT2D eigenvalue weighted by molar-refractivity contribution is 0.506. The van der Waals surface area contributed by atoms with Crippen molar-refractivity contribution < 1.29 is 4.39 Å². The second-order valence-electron chi connectivity index (χ2n) is 6.82. The van der Waals surface area contributed by atoms with E-state index in [9.17, 15) is 4.39 Å². The van der Waals surface area contributed by atoms with Crippen LogP contribution in [0.25, 0.3) is 11.0 Å². The standard InChI is InChI=1S/C19H21BrFN5/c1-11-7-13(4-5-15(11)21)25-16-9-24-19-17(16)18(14(20)8-23-19)26-6-2-3-12(22)10-26/h4-5,7-9,12,25H,2-3,6,10,22H2,1H3,(H,23,24)/t12-/m1/s1. The first kappa shape index (κ1) is 17.3. The van der Waals surface area contributed by atoms with Crippen molar-refractivity contribution in [1.82, 2.24) is 9.97 Å². The third kappa shape index (κ3) is 3.17. The van der Waals surface area contributed by atoms with Crippen LogP contribution in [-0.2, 0) is 0 Å². The van der Waals surface area contributed by atoms with E-state index in [1.165, 1.54) is 6.07 Å². The number of H-pyrrole nitrogens is 1. The number of hydrogen-bond donors (Lipinski definition) is 3. The maximum absolute atomic E-state index is 13.6. The minimum Gasteiger partial charge on any atom is -0.368 e. The Kier molecular flexibility index (Phi) is 4.58. The lowest BCUT2D eigenvalue weighted by Gasteiger charge is -2.33. The topological polar surface area (TPSA) is 70.0 Å². The van der Waals surface area contributed by atoms with Gasteiger partial charge in [0.2, 0.25) is 0 Å². The van der Waals surface area contributed by atoms with E-state index in [1.807, 2.05) is 12.4 Å². The van der Waals surface area contributed by atoms with Gasteiger partial charge in [-0.05, 0) is 59.5 Å². The Bertz CT molecular complexity index is 954. The fourth-order valence-electron chi connectivity index (χ4n) is 3.55. The molecule has 2 aromatic heterocycles. The highest BCUT2D eigenvalue weighted by molar-refractivity contribution is 9.10. The number of nitrogens with one attached hydrogen (secondary N) is 2. The lowest BCUT2D eigenvalue weighted by atomic mass is 10.1. The first-order chi connectivity index (χ1) is 12.5. The number of aryl methyl sites for hydroxylation is 1. The molecule has 1 atom stereocenters. The first-order valence-corrected chi connectivity index (χ1v) is 9.51. The number of aromatic amines is 1. The molecule has 0 saturated carbocycles. The molecule has 0 spiro atoms. The van der Waals surface area contributed by atoms with Crippen LogP contribution < -0.4 is 16.0 Å². The quantitative estimate of drug-likeness (QED) is 0.588. The van der Waals surface area contributed by atoms with Gasteiger partial charge in [-0.3, -0.25) is 0 Å². The molecular formula is C19H21BrFN5. The summed E-state index contributed by atoms with van der Waals surface area (Å²) >= 11 is 3.66. The van der Waals surface area contributed by atoms with Crippen molar-refractivity contribution in [2.45, 2.75) is 25.8 Å². The zero-order valence-corrected chi connectivity index (χ0v) is 16.1. The number of benzene rings is 1. The van der Waals surface area contributed by atoms with Crippen LogP contribution in [0.15, 0.2) is 35.1 Å². The highest BCUT2D eigenvalue weighted by atomic mass is 79.9. The summed E-state index contributed by atoms with van der Waals surface area (Å²) in [7, 11) is 0. The summed E-state index contributed by atoms with van der Waals surface area (Å²) in [5, 5.41) is 4.41. The molecule has 3 heterocycles. The molecule has 7 heteroatoms. The van der Waals surface area contributed by atoms with E-state index in [0.717, 1.165) is 58.5 Å². The van der Waals surface area contributed by atoms with Crippen LogP contribution in [0.4, 0.5) is 21.5 Å². The maximum atomic E-state index is 13.6. The number of halogens is 2. The largest absolute Gasteiger partial charge is 0.368 e. The predicted octanol–water partition coefficient (Wildman–Crippen LogP) is 4.44. The van der Waals surface area contributed by atoms with E-state index in [2.05, 4.69) is 36.1 Å². The van der Waals surface area contributed by atoms with Crippen molar-refractivity contribution in [3.8, 4) is 0 Å². The second-order valence-corrected chi connectivity index (χ2v) is 7.67. The maximum Gasteiger partial charge on any atom is 0.141 e. The number of anilines is 3. The summed E-state index contributed by atoms with van der Waals surface area (Å²) in [6, 6.07) is 5.19. The minimum atomic E-state index is -0.207. The van der Waals surface area contributed by atoms with E-state index >= 15 is 0 Å². The van der Waals surface area contributed by atoms with Crippen molar-refractivity contribution >= 4 is 44.0 Å². The highest BCUT2D eigenvalue weighted by Gasteiger charge is 2.23. The molecule has 1 aliphatic rings. The van der Waals surface area contributed by atoms with Gasteiger partial charge in [0.1, 0.15) is 11.5 Å². The van der Waals surface area contributed by atoms with Gasteiger partial charge in [-0.1, -0.05) is 0 Å². The van der Waals surface area contributed by atoms with Gasteiger partial charge in [0.25, 0.3) is 0 Å². The van der Waals surface area contributed by atoms with Crippen molar-refractivity contribution in [3.63, 3.8) is 0 Å². The summed E-state index contributed by atoms with van der Waals surface area (Å²) in [5.74, 6) is -0.207. The second kappa shape index (κ2) is 6.89. The Morgan fingerprint density at radius 3 is 3.04 bits per heavy atom. The normalized spacial score (nSPS) is 17.7. The fourth-order valence-corrected chi connectivity index (χ4v) is 4.11. The molecule has 4 N–H and O–H groups in total. The van der Waals surface area contributed by atoms with Gasteiger partial charge in [-0.15, -0.1) is 0 Å². The highest BCUT2D eigenvalue weighted by Crippen LogP contribution is 2.39. The van der Waals surface area contributed by atoms with E-state index in [1.54, 1.807) is 19.1 Å². The lowest BCUT2D eigenvalue weighted by Crippen LogP contribution is -2.43. The number of nitrogens with two attached hydrogens (primary N) is 1. The average Bonchev–Trinajstić information content (AvgIpc) is 3.01. The summed E-state index contributed by atoms with van der Waals surface area (Å²) in [6.45, 7) is 3.54. The number of rotatable bonds is 3. The summed E-state index contributed by atoms with van der Waals surface area (Å²) < 4.78 is 14.5. The molecule has 1 aromatic carbocycles. The molecule has 0 bridgehead atoms. The van der Waals surface area contributed by atoms with Crippen LogP contribution in [0.1, 0.15) is 18.4 Å². The smallest absolute Gasteiger partial charge is 0.141 e. The molecule has 1 fully saturated rings. The third-order valence-electron chi connectivity index (χ3n) is 4.84. The predicted molar refractivity (Wildman–Crippen MR) is 108 cm³/mol. The van der Waals surface area contributed by atoms with Crippen LogP contribution in [0, 0.1) is 12.7 Å². The van der Waals surface area contributed by atoms with Crippen molar-refractivity contribution in [2.75, 3.05) is 23.3 Å². The number of pyridine rings is 1. The van der Waals surface area contributed by atoms with Gasteiger partial charge in [0.15, 0.2) is 0 Å². The number of fused-ring (bicyclic) bond motifs is 1. The summed E-state index contributed by atoms with van der Waals surface area (Å²) in [6.07, 6.45) is 5.84. The van der Waals surface area contributed by atoms with Crippen LogP contribution in [-0.4, -0.2) is 29.1 Å². The molecule has 0 aliphatic carbocycles. The van der Waals surface area contributed by atoms with Gasteiger partial charge < -0.3 is 20.9 Å². The van der Waals surface area contributed by atoms with Crippen LogP contribution in [0.5, 0.6) is 0 Å². The van der Waals surface area contributed by atoms with E-state index < -0.39 is 0 Å². The monoisotopic (exact) mass is 417 g/mol. The molecular weight excluding hydrogens is 397 g/mol. The van der Waals surface area contributed by atoms with E-state index in [0.29, 0.717) is 5.56 Å². The Morgan fingerprint density at radius 2 is 2.27 bits per heavy atom. The van der Waals surface area contributed by atoms with E-state index in [-0.39, 0.29) is 11.9 Å². The molecule has 1 saturated heterocycles. The fraction of sp³-hybridized carbons (Fsp3) is 0.316. The zero-order valence-electron chi connectivity index (χ0n) is 14.5. The van der Waals surface area contributed by atoms with Crippen molar-refractivity contribution in [1.29, 1.82) is 0 Å². The third-order valence-corrected chi connectivity index (χ3v) is 5.42. The molecule has 26 heavy (non-hydrogen) atoms. The molecule has 0 unspecified atom stereocenters. The van der Waals surface area contributed by atoms with Gasteiger partial charge in [0, 0.05) is 37.2 Å². The van der Waals surface area contributed by atoms with E-state index in [4.69, 9.17) is 5.73 Å². The summed E-state index contributed by atoms with van der Waals surface area (Å²) in [4.78, 5) is 10.0. The molecule has 1 aliphatic heterocycles. The van der Waals surface area contributed by atoms with Crippen LogP contribution in [0.3, 0.4) is 0 Å². The Morgan fingerprint density at radius 1 is 1.42 bits per heavy atom. The Hall–Kier alpha value is -2.12. The molecule has 136 valence electrons. The Balaban J connectivity index is 1.78. The number of hydrogen-bond acceptors (Lipinski definition) is 4. The van der Waals surface area contributed by atoms with Crippen molar-refractivity contribution in [2.24, 2.45) is 5.73 Å². The molecule has 4 rings (SSSR count). The van der Waals surface area contributed by atoms with Gasteiger partial charge in [-0.25, -0.2) is 9.37 Å². The number of aromatic nitrogens is 2. The van der Waals surface area contributed by atoms with Gasteiger partial charge >= 0.3 is 0 Å². The average molecular weight is 418 g/mol. The van der Waals surface area contributed by atoms with Gasteiger partial charge in [-0.2, -0.15) is 0 Å². The number of piperidine rings is 1. The Labute approximate surface area is 159 Å². The van der Waals surface area contributed by atoms with Crippen LogP contribution in [0.2, 0.25) is 0 Å². The van der Waals surface area contributed by atoms with Gasteiger partial charge in [0.05, 0.1) is 21.2 Å². The zero-order chi connectivity index (χ0) is 18.3. The molecule has 0 radical (unpaired) electrons. The first-order valence-electron chi connectivity index (χ1n) is 8.72. The minimum absolute atomic E-state index is 0.175. The van der Waals surface area contributed by atoms with Crippen molar-refractivity contribution in [3.05, 3.63) is 46.4 Å². The number of nitrogens with zero attached hydrogens (tertiary/aromatic N) is 2. The molecule has 5 nitrogen and oxygen atoms in total.